The fourth-order valence-electron chi connectivity index (χ4n) is 1.52. The summed E-state index contributed by atoms with van der Waals surface area (Å²) >= 11 is 0. The van der Waals surface area contributed by atoms with Crippen LogP contribution >= 0.6 is 0 Å². The predicted octanol–water partition coefficient (Wildman–Crippen LogP) is 1.32. The summed E-state index contributed by atoms with van der Waals surface area (Å²) in [6, 6.07) is 0. The van der Waals surface area contributed by atoms with Gasteiger partial charge >= 0.3 is 0 Å². The summed E-state index contributed by atoms with van der Waals surface area (Å²) in [5.74, 6) is 0.137. The van der Waals surface area contributed by atoms with Gasteiger partial charge in [0.15, 0.2) is 0 Å². The van der Waals surface area contributed by atoms with E-state index in [2.05, 4.69) is 0 Å². The van der Waals surface area contributed by atoms with Crippen molar-refractivity contribution >= 4 is 0 Å². The van der Waals surface area contributed by atoms with Crippen LogP contribution < -0.4 is 0 Å². The highest BCUT2D eigenvalue weighted by Crippen LogP contribution is 2.20. The summed E-state index contributed by atoms with van der Waals surface area (Å²) in [4.78, 5) is 0. The molecule has 1 aliphatic rings. The number of hydrogen-bond donors (Lipinski definition) is 1. The highest BCUT2D eigenvalue weighted by molar-refractivity contribution is 5.07. The molecule has 2 unspecified atom stereocenters. The fraction of sp³-hybridized carbons (Fsp3) is 0.800. The zero-order valence-corrected chi connectivity index (χ0v) is 8.32. The number of aliphatic hydroxyl groups excluding tert-OH is 1. The molecule has 0 aromatic heterocycles. The van der Waals surface area contributed by atoms with Crippen LogP contribution in [0.4, 0.5) is 0 Å². The standard InChI is InChI=1S/C10H18O3/c1-8(6-12-2)10(11)9-4-3-5-13-7-9/h7-8,10-11H,3-6H2,1-2H3. The van der Waals surface area contributed by atoms with Gasteiger partial charge in [0.1, 0.15) is 0 Å². The summed E-state index contributed by atoms with van der Waals surface area (Å²) in [6.45, 7) is 3.33. The lowest BCUT2D eigenvalue weighted by Crippen LogP contribution is -2.25. The lowest BCUT2D eigenvalue weighted by atomic mass is 9.95. The molecule has 0 saturated carbocycles. The SMILES string of the molecule is COCC(C)C(O)C1=COCCC1. The average molecular weight is 186 g/mol. The van der Waals surface area contributed by atoms with Crippen LogP contribution in [-0.2, 0) is 9.47 Å². The van der Waals surface area contributed by atoms with Crippen LogP contribution in [0.1, 0.15) is 19.8 Å². The van der Waals surface area contributed by atoms with Crippen LogP contribution in [-0.4, -0.2) is 31.5 Å². The number of methoxy groups -OCH3 is 1. The van der Waals surface area contributed by atoms with E-state index in [1.807, 2.05) is 6.92 Å². The van der Waals surface area contributed by atoms with Crippen LogP contribution in [0.25, 0.3) is 0 Å². The van der Waals surface area contributed by atoms with E-state index in [4.69, 9.17) is 9.47 Å². The third-order valence-corrected chi connectivity index (χ3v) is 2.31. The Bertz CT molecular complexity index is 177. The Morgan fingerprint density at radius 2 is 2.46 bits per heavy atom. The number of aliphatic hydroxyl groups is 1. The molecule has 1 rings (SSSR count). The lowest BCUT2D eigenvalue weighted by Gasteiger charge is -2.23. The first-order chi connectivity index (χ1) is 6.25. The second-order valence-corrected chi connectivity index (χ2v) is 3.54. The van der Waals surface area contributed by atoms with Gasteiger partial charge in [-0.05, 0) is 18.4 Å². The Hall–Kier alpha value is -0.540. The van der Waals surface area contributed by atoms with Crippen molar-refractivity contribution in [3.05, 3.63) is 11.8 Å². The smallest absolute Gasteiger partial charge is 0.0876 e. The van der Waals surface area contributed by atoms with Gasteiger partial charge in [-0.2, -0.15) is 0 Å². The lowest BCUT2D eigenvalue weighted by molar-refractivity contribution is 0.0690. The molecular formula is C10H18O3. The first-order valence-corrected chi connectivity index (χ1v) is 4.73. The molecule has 76 valence electrons. The Morgan fingerprint density at radius 3 is 3.00 bits per heavy atom. The van der Waals surface area contributed by atoms with Gasteiger partial charge in [-0.25, -0.2) is 0 Å². The van der Waals surface area contributed by atoms with Crippen molar-refractivity contribution in [2.75, 3.05) is 20.3 Å². The van der Waals surface area contributed by atoms with E-state index in [1.54, 1.807) is 13.4 Å². The van der Waals surface area contributed by atoms with E-state index >= 15 is 0 Å². The van der Waals surface area contributed by atoms with Crippen LogP contribution in [0.15, 0.2) is 11.8 Å². The van der Waals surface area contributed by atoms with Crippen molar-refractivity contribution < 1.29 is 14.6 Å². The van der Waals surface area contributed by atoms with E-state index in [0.717, 1.165) is 25.0 Å². The molecule has 0 saturated heterocycles. The maximum absolute atomic E-state index is 9.85. The van der Waals surface area contributed by atoms with Gasteiger partial charge in [0, 0.05) is 13.0 Å². The summed E-state index contributed by atoms with van der Waals surface area (Å²) in [5, 5.41) is 9.85. The Kier molecular flexibility index (Phi) is 4.25. The molecule has 1 heterocycles. The Balaban J connectivity index is 2.44. The van der Waals surface area contributed by atoms with Gasteiger partial charge in [0.25, 0.3) is 0 Å². The first kappa shape index (κ1) is 10.5. The van der Waals surface area contributed by atoms with Gasteiger partial charge in [-0.1, -0.05) is 6.92 Å². The van der Waals surface area contributed by atoms with Crippen LogP contribution in [0, 0.1) is 5.92 Å². The third-order valence-electron chi connectivity index (χ3n) is 2.31. The minimum Gasteiger partial charge on any atom is -0.501 e. The van der Waals surface area contributed by atoms with Gasteiger partial charge in [0.05, 0.1) is 25.6 Å². The molecule has 0 radical (unpaired) electrons. The summed E-state index contributed by atoms with van der Waals surface area (Å²) < 4.78 is 10.2. The molecule has 0 spiro atoms. The number of hydrogen-bond acceptors (Lipinski definition) is 3. The highest BCUT2D eigenvalue weighted by atomic mass is 16.5. The van der Waals surface area contributed by atoms with Crippen molar-refractivity contribution in [2.45, 2.75) is 25.9 Å². The Morgan fingerprint density at radius 1 is 1.69 bits per heavy atom. The Labute approximate surface area is 79.3 Å². The molecule has 0 aliphatic carbocycles. The zero-order chi connectivity index (χ0) is 9.68. The van der Waals surface area contributed by atoms with E-state index in [-0.39, 0.29) is 5.92 Å². The second-order valence-electron chi connectivity index (χ2n) is 3.54. The topological polar surface area (TPSA) is 38.7 Å². The molecule has 0 amide bonds. The summed E-state index contributed by atoms with van der Waals surface area (Å²) in [5.41, 5.74) is 0.996. The van der Waals surface area contributed by atoms with Crippen LogP contribution in [0.5, 0.6) is 0 Å². The van der Waals surface area contributed by atoms with Gasteiger partial charge in [0.2, 0.25) is 0 Å². The predicted molar refractivity (Wildman–Crippen MR) is 50.3 cm³/mol. The molecule has 0 aromatic carbocycles. The molecule has 1 N–H and O–H groups in total. The molecule has 13 heavy (non-hydrogen) atoms. The third kappa shape index (κ3) is 3.01. The second kappa shape index (κ2) is 5.25. The minimum atomic E-state index is -0.416. The maximum Gasteiger partial charge on any atom is 0.0876 e. The van der Waals surface area contributed by atoms with Crippen LogP contribution in [0.2, 0.25) is 0 Å². The monoisotopic (exact) mass is 186 g/mol. The minimum absolute atomic E-state index is 0.137. The van der Waals surface area contributed by atoms with Gasteiger partial charge in [-0.3, -0.25) is 0 Å². The number of ether oxygens (including phenoxy) is 2. The summed E-state index contributed by atoms with van der Waals surface area (Å²) in [6.07, 6.45) is 3.22. The number of rotatable bonds is 4. The molecule has 3 heteroatoms. The first-order valence-electron chi connectivity index (χ1n) is 4.73. The van der Waals surface area contributed by atoms with Crippen molar-refractivity contribution in [1.82, 2.24) is 0 Å². The maximum atomic E-state index is 9.85. The molecule has 3 nitrogen and oxygen atoms in total. The summed E-state index contributed by atoms with van der Waals surface area (Å²) in [7, 11) is 1.65. The quantitative estimate of drug-likeness (QED) is 0.719. The van der Waals surface area contributed by atoms with Crippen LogP contribution in [0.3, 0.4) is 0 Å². The molecular weight excluding hydrogens is 168 g/mol. The van der Waals surface area contributed by atoms with Gasteiger partial charge in [-0.15, -0.1) is 0 Å². The molecule has 0 fully saturated rings. The van der Waals surface area contributed by atoms with Crippen molar-refractivity contribution in [3.8, 4) is 0 Å². The molecule has 1 aliphatic heterocycles. The van der Waals surface area contributed by atoms with E-state index in [0.29, 0.717) is 6.61 Å². The van der Waals surface area contributed by atoms with Gasteiger partial charge < -0.3 is 14.6 Å². The largest absolute Gasteiger partial charge is 0.501 e. The van der Waals surface area contributed by atoms with E-state index in [1.165, 1.54) is 0 Å². The van der Waals surface area contributed by atoms with Crippen molar-refractivity contribution in [1.29, 1.82) is 0 Å². The fourth-order valence-corrected chi connectivity index (χ4v) is 1.52. The van der Waals surface area contributed by atoms with Crippen molar-refractivity contribution in [2.24, 2.45) is 5.92 Å². The average Bonchev–Trinajstić information content (AvgIpc) is 2.18. The highest BCUT2D eigenvalue weighted by Gasteiger charge is 2.20. The normalized spacial score (nSPS) is 21.6. The zero-order valence-electron chi connectivity index (χ0n) is 8.32. The van der Waals surface area contributed by atoms with E-state index in [9.17, 15) is 5.11 Å². The molecule has 2 atom stereocenters. The van der Waals surface area contributed by atoms with E-state index < -0.39 is 6.10 Å². The molecule has 0 aromatic rings. The van der Waals surface area contributed by atoms with Crippen molar-refractivity contribution in [3.63, 3.8) is 0 Å². The molecule has 0 bridgehead atoms.